The van der Waals surface area contributed by atoms with Crippen LogP contribution in [0.4, 0.5) is 5.69 Å². The molecule has 2 aromatic heterocycles. The Hall–Kier alpha value is -2.86. The number of thiocarbonyl (C=S) groups is 1. The molecule has 0 spiro atoms. The largest absolute Gasteiger partial charge is 0.491 e. The highest BCUT2D eigenvalue weighted by molar-refractivity contribution is 7.80. The number of ether oxygens (including phenoxy) is 1. The number of rotatable bonds is 5. The van der Waals surface area contributed by atoms with Gasteiger partial charge in [-0.2, -0.15) is 0 Å². The molecule has 0 unspecified atom stereocenters. The Kier molecular flexibility index (Phi) is 5.05. The lowest BCUT2D eigenvalue weighted by Crippen LogP contribution is -2.30. The standard InChI is InChI=1S/C22H24N4OS/c1-15(2)27-17-11-9-16(10-12-17)26-21(19-8-6-14-25(19)3)20(24-22(26)28)18-7-4-5-13-23-18/h4-15,20-21H,1-3H3,(H,24,28)/t20-,21-/m1/s1. The molecular formula is C22H24N4OS. The molecule has 3 heterocycles. The normalized spacial score (nSPS) is 19.1. The third-order valence-electron chi connectivity index (χ3n) is 4.87. The maximum Gasteiger partial charge on any atom is 0.174 e. The van der Waals surface area contributed by atoms with Crippen molar-refractivity contribution in [2.45, 2.75) is 32.0 Å². The Bertz CT molecular complexity index is 952. The van der Waals surface area contributed by atoms with Gasteiger partial charge >= 0.3 is 0 Å². The summed E-state index contributed by atoms with van der Waals surface area (Å²) in [7, 11) is 2.06. The molecule has 1 saturated heterocycles. The van der Waals surface area contributed by atoms with Gasteiger partial charge in [0.25, 0.3) is 0 Å². The molecule has 28 heavy (non-hydrogen) atoms. The lowest BCUT2D eigenvalue weighted by molar-refractivity contribution is 0.242. The quantitative estimate of drug-likeness (QED) is 0.653. The molecule has 1 aliphatic heterocycles. The fourth-order valence-corrected chi connectivity index (χ4v) is 4.02. The minimum atomic E-state index is -0.0334. The summed E-state index contributed by atoms with van der Waals surface area (Å²) in [5.41, 5.74) is 3.17. The molecule has 0 aliphatic carbocycles. The molecule has 1 fully saturated rings. The number of anilines is 1. The van der Waals surface area contributed by atoms with E-state index in [2.05, 4.69) is 57.3 Å². The maximum atomic E-state index is 5.79. The van der Waals surface area contributed by atoms with Gasteiger partial charge in [0.15, 0.2) is 5.11 Å². The zero-order valence-electron chi connectivity index (χ0n) is 16.2. The van der Waals surface area contributed by atoms with Crippen LogP contribution in [0.25, 0.3) is 0 Å². The third-order valence-corrected chi connectivity index (χ3v) is 5.19. The highest BCUT2D eigenvalue weighted by Crippen LogP contribution is 2.41. The van der Waals surface area contributed by atoms with Gasteiger partial charge < -0.3 is 19.5 Å². The number of nitrogens with one attached hydrogen (secondary N) is 1. The summed E-state index contributed by atoms with van der Waals surface area (Å²) in [5, 5.41) is 4.18. The van der Waals surface area contributed by atoms with Crippen molar-refractivity contribution < 1.29 is 4.74 Å². The van der Waals surface area contributed by atoms with E-state index >= 15 is 0 Å². The van der Waals surface area contributed by atoms with Gasteiger partial charge in [0.05, 0.1) is 17.8 Å². The molecule has 144 valence electrons. The van der Waals surface area contributed by atoms with E-state index in [9.17, 15) is 0 Å². The highest BCUT2D eigenvalue weighted by atomic mass is 32.1. The van der Waals surface area contributed by atoms with Crippen LogP contribution in [0.15, 0.2) is 67.0 Å². The first-order valence-electron chi connectivity index (χ1n) is 9.43. The zero-order valence-corrected chi connectivity index (χ0v) is 17.1. The molecule has 3 aromatic rings. The van der Waals surface area contributed by atoms with Gasteiger partial charge in [-0.1, -0.05) is 6.07 Å². The summed E-state index contributed by atoms with van der Waals surface area (Å²) < 4.78 is 7.92. The Morgan fingerprint density at radius 2 is 1.86 bits per heavy atom. The molecule has 2 atom stereocenters. The average molecular weight is 393 g/mol. The first-order valence-corrected chi connectivity index (χ1v) is 9.84. The molecule has 0 amide bonds. The number of aromatic nitrogens is 2. The van der Waals surface area contributed by atoms with Crippen LogP contribution in [0.5, 0.6) is 5.75 Å². The van der Waals surface area contributed by atoms with Crippen LogP contribution in [0.3, 0.4) is 0 Å². The second-order valence-electron chi connectivity index (χ2n) is 7.20. The summed E-state index contributed by atoms with van der Waals surface area (Å²) in [6.07, 6.45) is 4.03. The highest BCUT2D eigenvalue weighted by Gasteiger charge is 2.41. The van der Waals surface area contributed by atoms with Crippen LogP contribution < -0.4 is 15.0 Å². The molecule has 1 aromatic carbocycles. The van der Waals surface area contributed by atoms with E-state index in [-0.39, 0.29) is 18.2 Å². The van der Waals surface area contributed by atoms with Crippen molar-refractivity contribution in [3.8, 4) is 5.75 Å². The summed E-state index contributed by atoms with van der Waals surface area (Å²) in [4.78, 5) is 6.75. The lowest BCUT2D eigenvalue weighted by atomic mass is 10.0. The summed E-state index contributed by atoms with van der Waals surface area (Å²) in [6.45, 7) is 4.05. The Morgan fingerprint density at radius 3 is 2.46 bits per heavy atom. The third kappa shape index (κ3) is 3.47. The number of nitrogens with zero attached hydrogens (tertiary/aromatic N) is 3. The minimum absolute atomic E-state index is 0.000679. The maximum absolute atomic E-state index is 5.79. The molecule has 0 saturated carbocycles. The van der Waals surface area contributed by atoms with Gasteiger partial charge in [0, 0.05) is 30.8 Å². The molecule has 6 heteroatoms. The van der Waals surface area contributed by atoms with E-state index in [1.165, 1.54) is 5.69 Å². The number of hydrogen-bond donors (Lipinski definition) is 1. The molecule has 0 radical (unpaired) electrons. The Morgan fingerprint density at radius 1 is 1.07 bits per heavy atom. The molecule has 0 bridgehead atoms. The Labute approximate surface area is 171 Å². The molecule has 1 aliphatic rings. The first-order chi connectivity index (χ1) is 13.5. The number of aryl methyl sites for hydroxylation is 1. The smallest absolute Gasteiger partial charge is 0.174 e. The van der Waals surface area contributed by atoms with Crippen molar-refractivity contribution in [3.05, 3.63) is 78.4 Å². The second-order valence-corrected chi connectivity index (χ2v) is 7.59. The first kappa shape index (κ1) is 18.5. The van der Waals surface area contributed by atoms with E-state index in [0.717, 1.165) is 17.1 Å². The minimum Gasteiger partial charge on any atom is -0.491 e. The van der Waals surface area contributed by atoms with Crippen LogP contribution >= 0.6 is 12.2 Å². The SMILES string of the molecule is CC(C)Oc1ccc(N2C(=S)N[C@H](c3ccccn3)[C@H]2c2cccn2C)cc1. The average Bonchev–Trinajstić information content (AvgIpc) is 3.25. The van der Waals surface area contributed by atoms with Crippen LogP contribution in [-0.2, 0) is 7.05 Å². The number of benzene rings is 1. The van der Waals surface area contributed by atoms with Gasteiger partial charge in [0.1, 0.15) is 11.8 Å². The molecule has 5 nitrogen and oxygen atoms in total. The van der Waals surface area contributed by atoms with Crippen LogP contribution in [0, 0.1) is 0 Å². The van der Waals surface area contributed by atoms with Gasteiger partial charge in [0.2, 0.25) is 0 Å². The van der Waals surface area contributed by atoms with E-state index in [4.69, 9.17) is 17.0 Å². The summed E-state index contributed by atoms with van der Waals surface area (Å²) >= 11 is 5.74. The molecular weight excluding hydrogens is 368 g/mol. The van der Waals surface area contributed by atoms with Crippen LogP contribution in [0.2, 0.25) is 0 Å². The van der Waals surface area contributed by atoms with Gasteiger partial charge in [-0.3, -0.25) is 4.98 Å². The van der Waals surface area contributed by atoms with Crippen molar-refractivity contribution in [2.24, 2.45) is 7.05 Å². The van der Waals surface area contributed by atoms with Gasteiger partial charge in [-0.15, -0.1) is 0 Å². The van der Waals surface area contributed by atoms with Gasteiger partial charge in [-0.25, -0.2) is 0 Å². The predicted octanol–water partition coefficient (Wildman–Crippen LogP) is 4.38. The van der Waals surface area contributed by atoms with Gasteiger partial charge in [-0.05, 0) is 74.6 Å². The number of hydrogen-bond acceptors (Lipinski definition) is 3. The van der Waals surface area contributed by atoms with Crippen molar-refractivity contribution in [1.29, 1.82) is 0 Å². The fraction of sp³-hybridized carbons (Fsp3) is 0.273. The lowest BCUT2D eigenvalue weighted by Gasteiger charge is -2.28. The van der Waals surface area contributed by atoms with E-state index < -0.39 is 0 Å². The Balaban J connectivity index is 1.74. The number of pyridine rings is 1. The molecule has 4 rings (SSSR count). The van der Waals surface area contributed by atoms with E-state index in [1.54, 1.807) is 0 Å². The summed E-state index contributed by atoms with van der Waals surface area (Å²) in [5.74, 6) is 0.855. The van der Waals surface area contributed by atoms with Crippen molar-refractivity contribution in [2.75, 3.05) is 4.90 Å². The predicted molar refractivity (Wildman–Crippen MR) is 116 cm³/mol. The fourth-order valence-electron chi connectivity index (χ4n) is 3.67. The molecule has 1 N–H and O–H groups in total. The van der Waals surface area contributed by atoms with Crippen LogP contribution in [-0.4, -0.2) is 20.8 Å². The monoisotopic (exact) mass is 392 g/mol. The van der Waals surface area contributed by atoms with Crippen molar-refractivity contribution in [3.63, 3.8) is 0 Å². The summed E-state index contributed by atoms with van der Waals surface area (Å²) in [6, 6.07) is 18.2. The van der Waals surface area contributed by atoms with Crippen molar-refractivity contribution in [1.82, 2.24) is 14.9 Å². The second kappa shape index (κ2) is 7.64. The van der Waals surface area contributed by atoms with Crippen LogP contribution in [0.1, 0.15) is 37.3 Å². The van der Waals surface area contributed by atoms with E-state index in [0.29, 0.717) is 5.11 Å². The topological polar surface area (TPSA) is 42.3 Å². The zero-order chi connectivity index (χ0) is 19.7. The van der Waals surface area contributed by atoms with Crippen molar-refractivity contribution >= 4 is 23.0 Å². The van der Waals surface area contributed by atoms with E-state index in [1.807, 2.05) is 50.4 Å².